The third-order valence-electron chi connectivity index (χ3n) is 2.90. The van der Waals surface area contributed by atoms with E-state index in [2.05, 4.69) is 9.97 Å². The van der Waals surface area contributed by atoms with Crippen molar-refractivity contribution in [2.75, 3.05) is 18.0 Å². The highest BCUT2D eigenvalue weighted by Crippen LogP contribution is 2.26. The van der Waals surface area contributed by atoms with Gasteiger partial charge in [0, 0.05) is 19.0 Å². The number of rotatable bonds is 2. The van der Waals surface area contributed by atoms with Crippen LogP contribution in [0.25, 0.3) is 0 Å². The summed E-state index contributed by atoms with van der Waals surface area (Å²) < 4.78 is 13.5. The van der Waals surface area contributed by atoms with E-state index >= 15 is 0 Å². The molecular weight excluding hydrogens is 233 g/mol. The average molecular weight is 246 g/mol. The Balaban J connectivity index is 2.17. The maximum absolute atomic E-state index is 13.5. The number of halogens is 2. The van der Waals surface area contributed by atoms with Crippen molar-refractivity contribution in [1.29, 1.82) is 0 Å². The molecule has 1 N–H and O–H groups in total. The van der Waals surface area contributed by atoms with Crippen LogP contribution in [0.15, 0.2) is 6.20 Å². The van der Waals surface area contributed by atoms with E-state index in [-0.39, 0.29) is 23.1 Å². The van der Waals surface area contributed by atoms with Gasteiger partial charge in [0.25, 0.3) is 0 Å². The van der Waals surface area contributed by atoms with Gasteiger partial charge in [-0.15, -0.1) is 0 Å². The topological polar surface area (TPSA) is 49.2 Å². The molecule has 16 heavy (non-hydrogen) atoms. The highest BCUT2D eigenvalue weighted by molar-refractivity contribution is 6.28. The summed E-state index contributed by atoms with van der Waals surface area (Å²) in [7, 11) is 0. The Hall–Kier alpha value is -0.940. The molecule has 0 bridgehead atoms. The summed E-state index contributed by atoms with van der Waals surface area (Å²) in [5, 5.41) is 9.50. The second kappa shape index (κ2) is 4.51. The molecule has 2 rings (SSSR count). The molecular formula is C10H13ClFN3O. The molecule has 1 aliphatic rings. The highest BCUT2D eigenvalue weighted by atomic mass is 35.5. The van der Waals surface area contributed by atoms with Crippen LogP contribution in [0.2, 0.25) is 5.28 Å². The number of nitrogens with zero attached hydrogens (tertiary/aromatic N) is 3. The van der Waals surface area contributed by atoms with Crippen LogP contribution in [0.1, 0.15) is 13.3 Å². The first-order chi connectivity index (χ1) is 7.58. The Morgan fingerprint density at radius 3 is 3.06 bits per heavy atom. The number of aliphatic hydroxyl groups excluding tert-OH is 1. The molecule has 0 saturated carbocycles. The van der Waals surface area contributed by atoms with Crippen LogP contribution >= 0.6 is 11.6 Å². The van der Waals surface area contributed by atoms with Gasteiger partial charge in [0.05, 0.1) is 12.3 Å². The molecule has 4 nitrogen and oxygen atoms in total. The van der Waals surface area contributed by atoms with Crippen molar-refractivity contribution in [2.24, 2.45) is 5.92 Å². The predicted octanol–water partition coefficient (Wildman–Crippen LogP) is 1.48. The first-order valence-electron chi connectivity index (χ1n) is 5.19. The summed E-state index contributed by atoms with van der Waals surface area (Å²) in [4.78, 5) is 9.23. The lowest BCUT2D eigenvalue weighted by Gasteiger charge is -2.18. The number of aliphatic hydroxyl groups is 1. The van der Waals surface area contributed by atoms with Crippen molar-refractivity contribution in [3.8, 4) is 0 Å². The van der Waals surface area contributed by atoms with Crippen LogP contribution in [0.5, 0.6) is 0 Å². The van der Waals surface area contributed by atoms with Crippen molar-refractivity contribution in [3.63, 3.8) is 0 Å². The monoisotopic (exact) mass is 245 g/mol. The Bertz CT molecular complexity index is 388. The fraction of sp³-hybridized carbons (Fsp3) is 0.600. The van der Waals surface area contributed by atoms with E-state index in [1.54, 1.807) is 11.8 Å². The number of hydrogen-bond donors (Lipinski definition) is 1. The predicted molar refractivity (Wildman–Crippen MR) is 59.0 cm³/mol. The molecule has 2 heterocycles. The molecule has 1 aromatic rings. The maximum atomic E-state index is 13.5. The van der Waals surface area contributed by atoms with E-state index in [0.717, 1.165) is 12.6 Å². The highest BCUT2D eigenvalue weighted by Gasteiger charge is 2.28. The van der Waals surface area contributed by atoms with Gasteiger partial charge in [0.15, 0.2) is 11.6 Å². The molecule has 0 aromatic carbocycles. The molecule has 2 atom stereocenters. The van der Waals surface area contributed by atoms with Crippen molar-refractivity contribution >= 4 is 17.4 Å². The standard InChI is InChI=1S/C10H13ClFN3O/c1-6(16)7-2-3-15(5-7)9-8(12)4-13-10(11)14-9/h4,6-7,16H,2-3,5H2,1H3. The van der Waals surface area contributed by atoms with Crippen LogP contribution in [0.3, 0.4) is 0 Å². The second-order valence-corrected chi connectivity index (χ2v) is 4.38. The lowest BCUT2D eigenvalue weighted by Crippen LogP contribution is -2.25. The van der Waals surface area contributed by atoms with E-state index in [1.165, 1.54) is 0 Å². The first kappa shape index (κ1) is 11.5. The molecule has 0 aliphatic carbocycles. The summed E-state index contributed by atoms with van der Waals surface area (Å²) in [5.74, 6) is -0.0908. The van der Waals surface area contributed by atoms with Crippen LogP contribution < -0.4 is 4.90 Å². The Kier molecular flexibility index (Phi) is 3.25. The van der Waals surface area contributed by atoms with Crippen LogP contribution in [0.4, 0.5) is 10.2 Å². The van der Waals surface area contributed by atoms with E-state index < -0.39 is 5.82 Å². The summed E-state index contributed by atoms with van der Waals surface area (Å²) in [6.45, 7) is 3.03. The van der Waals surface area contributed by atoms with Gasteiger partial charge >= 0.3 is 0 Å². The quantitative estimate of drug-likeness (QED) is 0.802. The zero-order chi connectivity index (χ0) is 11.7. The molecule has 1 saturated heterocycles. The van der Waals surface area contributed by atoms with Crippen molar-refractivity contribution in [3.05, 3.63) is 17.3 Å². The Morgan fingerprint density at radius 2 is 2.44 bits per heavy atom. The van der Waals surface area contributed by atoms with Crippen LogP contribution in [-0.2, 0) is 0 Å². The molecule has 88 valence electrons. The minimum Gasteiger partial charge on any atom is -0.393 e. The fourth-order valence-electron chi connectivity index (χ4n) is 1.93. The molecule has 2 unspecified atom stereocenters. The van der Waals surface area contributed by atoms with Gasteiger partial charge in [-0.1, -0.05) is 0 Å². The zero-order valence-corrected chi connectivity index (χ0v) is 9.65. The van der Waals surface area contributed by atoms with Gasteiger partial charge in [-0.2, -0.15) is 4.98 Å². The molecule has 0 spiro atoms. The van der Waals surface area contributed by atoms with E-state index in [4.69, 9.17) is 11.6 Å². The molecule has 1 aromatic heterocycles. The minimum absolute atomic E-state index is 0.0388. The van der Waals surface area contributed by atoms with Gasteiger partial charge in [0.1, 0.15) is 0 Å². The fourth-order valence-corrected chi connectivity index (χ4v) is 2.06. The SMILES string of the molecule is CC(O)C1CCN(c2nc(Cl)ncc2F)C1. The molecule has 0 amide bonds. The normalized spacial score (nSPS) is 22.5. The second-order valence-electron chi connectivity index (χ2n) is 4.05. The summed E-state index contributed by atoms with van der Waals surface area (Å²) in [5.41, 5.74) is 0. The smallest absolute Gasteiger partial charge is 0.224 e. The average Bonchev–Trinajstić information content (AvgIpc) is 2.70. The molecule has 1 fully saturated rings. The largest absolute Gasteiger partial charge is 0.393 e. The summed E-state index contributed by atoms with van der Waals surface area (Å²) >= 11 is 5.63. The van der Waals surface area contributed by atoms with Gasteiger partial charge < -0.3 is 10.0 Å². The van der Waals surface area contributed by atoms with Gasteiger partial charge in [-0.05, 0) is 24.9 Å². The first-order valence-corrected chi connectivity index (χ1v) is 5.57. The van der Waals surface area contributed by atoms with E-state index in [1.807, 2.05) is 0 Å². The van der Waals surface area contributed by atoms with Crippen molar-refractivity contribution in [2.45, 2.75) is 19.4 Å². The van der Waals surface area contributed by atoms with Gasteiger partial charge in [0.2, 0.25) is 5.28 Å². The molecule has 6 heteroatoms. The zero-order valence-electron chi connectivity index (χ0n) is 8.90. The molecule has 0 radical (unpaired) electrons. The lowest BCUT2D eigenvalue weighted by molar-refractivity contribution is 0.136. The lowest BCUT2D eigenvalue weighted by atomic mass is 10.0. The molecule has 1 aliphatic heterocycles. The summed E-state index contributed by atoms with van der Waals surface area (Å²) in [6, 6.07) is 0. The third kappa shape index (κ3) is 2.25. The Labute approximate surface area is 98.1 Å². The Morgan fingerprint density at radius 1 is 1.69 bits per heavy atom. The number of anilines is 1. The number of hydrogen-bond acceptors (Lipinski definition) is 4. The van der Waals surface area contributed by atoms with Crippen LogP contribution in [0, 0.1) is 11.7 Å². The van der Waals surface area contributed by atoms with Crippen molar-refractivity contribution in [1.82, 2.24) is 9.97 Å². The van der Waals surface area contributed by atoms with E-state index in [9.17, 15) is 9.50 Å². The third-order valence-corrected chi connectivity index (χ3v) is 3.08. The maximum Gasteiger partial charge on any atom is 0.224 e. The summed E-state index contributed by atoms with van der Waals surface area (Å²) in [6.07, 6.45) is 1.52. The van der Waals surface area contributed by atoms with Gasteiger partial charge in [-0.3, -0.25) is 0 Å². The van der Waals surface area contributed by atoms with Gasteiger partial charge in [-0.25, -0.2) is 9.37 Å². The number of aromatic nitrogens is 2. The van der Waals surface area contributed by atoms with Crippen LogP contribution in [-0.4, -0.2) is 34.3 Å². The van der Waals surface area contributed by atoms with Crippen molar-refractivity contribution < 1.29 is 9.50 Å². The minimum atomic E-state index is -0.476. The van der Waals surface area contributed by atoms with E-state index in [0.29, 0.717) is 13.1 Å².